The molecule has 44 heavy (non-hydrogen) atoms. The average molecular weight is 638 g/mol. The third kappa shape index (κ3) is 5.12. The Labute approximate surface area is 268 Å². The van der Waals surface area contributed by atoms with E-state index in [1.165, 1.54) is 4.90 Å². The molecule has 0 radical (unpaired) electrons. The largest absolute Gasteiger partial charge is 0.494 e. The van der Waals surface area contributed by atoms with E-state index in [9.17, 15) is 19.5 Å². The van der Waals surface area contributed by atoms with Gasteiger partial charge in [-0.1, -0.05) is 35.9 Å². The molecule has 3 heterocycles. The van der Waals surface area contributed by atoms with Crippen molar-refractivity contribution in [1.29, 1.82) is 0 Å². The lowest BCUT2D eigenvalue weighted by molar-refractivity contribution is -0.142. The van der Waals surface area contributed by atoms with Crippen LogP contribution in [0.4, 0.5) is 11.4 Å². The van der Waals surface area contributed by atoms with Crippen molar-refractivity contribution >= 4 is 52.5 Å². The molecule has 3 saturated heterocycles. The van der Waals surface area contributed by atoms with Gasteiger partial charge in [-0.15, -0.1) is 24.9 Å². The Kier molecular flexibility index (Phi) is 9.21. The molecule has 234 valence electrons. The Balaban J connectivity index is 1.59. The smallest absolute Gasteiger partial charge is 0.251 e. The maximum atomic E-state index is 14.7. The molecule has 2 bridgehead atoms. The van der Waals surface area contributed by atoms with E-state index in [4.69, 9.17) is 16.3 Å². The van der Waals surface area contributed by atoms with Gasteiger partial charge in [-0.25, -0.2) is 0 Å². The van der Waals surface area contributed by atoms with E-state index < -0.39 is 33.4 Å². The zero-order valence-electron chi connectivity index (χ0n) is 25.4. The molecule has 0 aliphatic carbocycles. The molecule has 1 spiro atoms. The zero-order valence-corrected chi connectivity index (χ0v) is 27.0. The molecule has 2 unspecified atom stereocenters. The normalized spacial score (nSPS) is 27.5. The molecular formula is C34H40ClN3O5S. The third-order valence-electron chi connectivity index (χ3n) is 9.21. The molecule has 3 aliphatic rings. The van der Waals surface area contributed by atoms with Gasteiger partial charge < -0.3 is 24.5 Å². The SMILES string of the molecule is C=CCN(C(=O)[C@H]1[C@H]2C(=O)N([C@H](C)CO)C(C(=O)N(CC=C)c3ccccc3Cl)C23CC[C@]1(C)S3)c1ccc(OCC)cc1. The fourth-order valence-electron chi connectivity index (χ4n) is 7.34. The minimum atomic E-state index is -0.902. The van der Waals surface area contributed by atoms with Gasteiger partial charge in [0.25, 0.3) is 5.91 Å². The number of aliphatic hydroxyl groups excluding tert-OH is 1. The summed E-state index contributed by atoms with van der Waals surface area (Å²) < 4.78 is 4.17. The summed E-state index contributed by atoms with van der Waals surface area (Å²) in [6.07, 6.45) is 4.56. The number of thioether (sulfide) groups is 1. The van der Waals surface area contributed by atoms with Gasteiger partial charge in [0.1, 0.15) is 11.8 Å². The van der Waals surface area contributed by atoms with E-state index in [0.717, 1.165) is 0 Å². The molecule has 10 heteroatoms. The van der Waals surface area contributed by atoms with Crippen molar-refractivity contribution in [3.8, 4) is 5.75 Å². The first-order chi connectivity index (χ1) is 21.1. The van der Waals surface area contributed by atoms with Crippen LogP contribution in [0.2, 0.25) is 5.02 Å². The molecule has 5 rings (SSSR count). The number of rotatable bonds is 12. The highest BCUT2D eigenvalue weighted by Gasteiger charge is 2.78. The Bertz CT molecular complexity index is 1450. The molecule has 0 aromatic heterocycles. The first kappa shape index (κ1) is 32.1. The monoisotopic (exact) mass is 637 g/mol. The van der Waals surface area contributed by atoms with E-state index in [2.05, 4.69) is 13.2 Å². The van der Waals surface area contributed by atoms with Crippen molar-refractivity contribution in [2.24, 2.45) is 11.8 Å². The van der Waals surface area contributed by atoms with Crippen LogP contribution in [0.5, 0.6) is 5.75 Å². The number of hydrogen-bond acceptors (Lipinski definition) is 6. The van der Waals surface area contributed by atoms with Crippen molar-refractivity contribution < 1.29 is 24.2 Å². The van der Waals surface area contributed by atoms with Crippen LogP contribution in [0, 0.1) is 11.8 Å². The van der Waals surface area contributed by atoms with E-state index >= 15 is 0 Å². The van der Waals surface area contributed by atoms with Gasteiger partial charge in [0.2, 0.25) is 11.8 Å². The summed E-state index contributed by atoms with van der Waals surface area (Å²) in [5, 5.41) is 10.7. The maximum absolute atomic E-state index is 14.7. The molecule has 3 fully saturated rings. The number of fused-ring (bicyclic) bond motifs is 1. The number of carbonyl (C=O) groups is 3. The van der Waals surface area contributed by atoms with Crippen LogP contribution < -0.4 is 14.5 Å². The highest BCUT2D eigenvalue weighted by molar-refractivity contribution is 8.02. The molecule has 0 saturated carbocycles. The van der Waals surface area contributed by atoms with Crippen molar-refractivity contribution in [2.45, 2.75) is 55.2 Å². The average Bonchev–Trinajstić information content (AvgIpc) is 3.59. The number of likely N-dealkylation sites (tertiary alicyclic amines) is 1. The minimum absolute atomic E-state index is 0.178. The van der Waals surface area contributed by atoms with Gasteiger partial charge in [-0.3, -0.25) is 14.4 Å². The molecule has 6 atom stereocenters. The minimum Gasteiger partial charge on any atom is -0.494 e. The van der Waals surface area contributed by atoms with Crippen LogP contribution in [0.25, 0.3) is 0 Å². The Morgan fingerprint density at radius 2 is 1.77 bits per heavy atom. The van der Waals surface area contributed by atoms with Crippen LogP contribution in [-0.4, -0.2) is 75.6 Å². The van der Waals surface area contributed by atoms with E-state index in [0.29, 0.717) is 41.6 Å². The molecule has 3 amide bonds. The van der Waals surface area contributed by atoms with Crippen LogP contribution in [-0.2, 0) is 14.4 Å². The third-order valence-corrected chi connectivity index (χ3v) is 11.5. The number of para-hydroxylation sites is 1. The van der Waals surface area contributed by atoms with Crippen LogP contribution in [0.3, 0.4) is 0 Å². The van der Waals surface area contributed by atoms with Gasteiger partial charge in [-0.05, 0) is 70.0 Å². The molecule has 2 aromatic rings. The highest BCUT2D eigenvalue weighted by atomic mass is 35.5. The molecule has 8 nitrogen and oxygen atoms in total. The Morgan fingerprint density at radius 3 is 2.39 bits per heavy atom. The van der Waals surface area contributed by atoms with Crippen LogP contribution in [0.15, 0.2) is 73.8 Å². The van der Waals surface area contributed by atoms with Gasteiger partial charge in [0.05, 0.1) is 46.5 Å². The Hall–Kier alpha value is -3.27. The summed E-state index contributed by atoms with van der Waals surface area (Å²) in [5.74, 6) is -1.47. The molecule has 1 N–H and O–H groups in total. The summed E-state index contributed by atoms with van der Waals surface area (Å²) in [6, 6.07) is 12.9. The molecule has 3 aliphatic heterocycles. The standard InChI is InChI=1S/C34H40ClN3O5S/c1-6-19-36(23-13-15-24(16-14-23)43-8-3)30(40)27-28-31(41)38(22(4)21-39)29(34(28)18-17-33(27,5)44-34)32(42)37(20-7-2)26-12-10-9-11-25(26)35/h6-7,9-16,22,27-29,39H,1-2,8,17-21H2,3-5H3/t22-,27-,28+,29?,33+,34?/m1/s1. The van der Waals surface area contributed by atoms with E-state index in [1.807, 2.05) is 38.1 Å². The number of nitrogens with zero attached hydrogens (tertiary/aromatic N) is 3. The van der Waals surface area contributed by atoms with Crippen molar-refractivity contribution in [1.82, 2.24) is 4.90 Å². The lowest BCUT2D eigenvalue weighted by atomic mass is 9.66. The lowest BCUT2D eigenvalue weighted by Gasteiger charge is -2.39. The number of hydrogen-bond donors (Lipinski definition) is 1. The van der Waals surface area contributed by atoms with Crippen LogP contribution >= 0.6 is 23.4 Å². The van der Waals surface area contributed by atoms with Crippen molar-refractivity contribution in [3.63, 3.8) is 0 Å². The van der Waals surface area contributed by atoms with E-state index in [1.54, 1.807) is 64.9 Å². The van der Waals surface area contributed by atoms with Crippen LogP contribution in [0.1, 0.15) is 33.6 Å². The number of anilines is 2. The quantitative estimate of drug-likeness (QED) is 0.316. The lowest BCUT2D eigenvalue weighted by Crippen LogP contribution is -2.57. The maximum Gasteiger partial charge on any atom is 0.251 e. The number of halogens is 1. The van der Waals surface area contributed by atoms with Gasteiger partial charge >= 0.3 is 0 Å². The fourth-order valence-corrected chi connectivity index (χ4v) is 9.91. The summed E-state index contributed by atoms with van der Waals surface area (Å²) in [7, 11) is 0. The van der Waals surface area contributed by atoms with Gasteiger partial charge in [0, 0.05) is 23.5 Å². The topological polar surface area (TPSA) is 90.4 Å². The summed E-state index contributed by atoms with van der Waals surface area (Å²) >= 11 is 8.16. The Morgan fingerprint density at radius 1 is 1.11 bits per heavy atom. The highest BCUT2D eigenvalue weighted by Crippen LogP contribution is 2.72. The summed E-state index contributed by atoms with van der Waals surface area (Å²) in [4.78, 5) is 48.7. The predicted octanol–water partition coefficient (Wildman–Crippen LogP) is 5.34. The van der Waals surface area contributed by atoms with E-state index in [-0.39, 0.29) is 37.4 Å². The predicted molar refractivity (Wildman–Crippen MR) is 176 cm³/mol. The molecule has 2 aromatic carbocycles. The summed E-state index contributed by atoms with van der Waals surface area (Å²) in [6.45, 7) is 14.1. The number of benzene rings is 2. The first-order valence-corrected chi connectivity index (χ1v) is 16.2. The second-order valence-corrected chi connectivity index (χ2v) is 14.2. The van der Waals surface area contributed by atoms with Gasteiger partial charge in [0.15, 0.2) is 0 Å². The fraction of sp³-hybridized carbons (Fsp3) is 0.441. The summed E-state index contributed by atoms with van der Waals surface area (Å²) in [5.41, 5.74) is 1.20. The second kappa shape index (κ2) is 12.6. The van der Waals surface area contributed by atoms with Gasteiger partial charge in [-0.2, -0.15) is 0 Å². The number of aliphatic hydroxyl groups is 1. The zero-order chi connectivity index (χ0) is 31.8. The van der Waals surface area contributed by atoms with Crippen molar-refractivity contribution in [3.05, 3.63) is 78.9 Å². The second-order valence-electron chi connectivity index (χ2n) is 11.9. The molecular weight excluding hydrogens is 598 g/mol. The number of amides is 3. The van der Waals surface area contributed by atoms with Crippen molar-refractivity contribution in [2.75, 3.05) is 36.1 Å². The number of carbonyl (C=O) groups excluding carboxylic acids is 3. The first-order valence-electron chi connectivity index (χ1n) is 15.0. The number of ether oxygens (including phenoxy) is 1.